The van der Waals surface area contributed by atoms with Gasteiger partial charge in [0.15, 0.2) is 0 Å². The Kier molecular flexibility index (Phi) is 107. The van der Waals surface area contributed by atoms with E-state index in [1.807, 2.05) is 111 Å². The van der Waals surface area contributed by atoms with Crippen LogP contribution in [0.3, 0.4) is 0 Å². The predicted octanol–water partition coefficient (Wildman–Crippen LogP) is 17.1. The lowest BCUT2D eigenvalue weighted by Crippen LogP contribution is -2.44. The van der Waals surface area contributed by atoms with Gasteiger partial charge in [-0.25, -0.2) is 4.98 Å². The third-order valence-electron chi connectivity index (χ3n) is 18.7. The third kappa shape index (κ3) is 94.9. The maximum Gasteiger partial charge on any atom is 0.0945 e. The molecule has 2 unspecified atom stereocenters. The van der Waals surface area contributed by atoms with Gasteiger partial charge in [0, 0.05) is 131 Å². The molecule has 0 radical (unpaired) electrons. The van der Waals surface area contributed by atoms with Crippen LogP contribution >= 0.6 is 64.8 Å². The van der Waals surface area contributed by atoms with Gasteiger partial charge in [-0.2, -0.15) is 0 Å². The van der Waals surface area contributed by atoms with Crippen molar-refractivity contribution in [2.24, 2.45) is 85.3 Å². The molecule has 30 heteroatoms. The van der Waals surface area contributed by atoms with Crippen molar-refractivity contribution in [3.63, 3.8) is 0 Å². The highest BCUT2D eigenvalue weighted by Gasteiger charge is 2.13. The van der Waals surface area contributed by atoms with Crippen molar-refractivity contribution in [3.8, 4) is 0 Å². The molecule has 0 amide bonds. The van der Waals surface area contributed by atoms with Crippen molar-refractivity contribution in [1.29, 1.82) is 0 Å². The molecule has 734 valence electrons. The monoisotopic (exact) mass is 1880 g/mol. The molecule has 29 N–H and O–H groups in total. The Morgan fingerprint density at radius 3 is 1.39 bits per heavy atom. The number of imidazole rings is 1. The molecule has 8 rings (SSSR count). The lowest BCUT2D eigenvalue weighted by molar-refractivity contribution is 0.0161. The van der Waals surface area contributed by atoms with Gasteiger partial charge < -0.3 is 119 Å². The number of nitrogens with one attached hydrogen (secondary N) is 1. The van der Waals surface area contributed by atoms with E-state index in [-0.39, 0.29) is 0 Å². The van der Waals surface area contributed by atoms with Gasteiger partial charge in [-0.15, -0.1) is 0 Å². The maximum absolute atomic E-state index is 5.86. The second kappa shape index (κ2) is 103. The summed E-state index contributed by atoms with van der Waals surface area (Å²) in [5.74, 6) is 3.90. The first-order valence-corrected chi connectivity index (χ1v) is 53.8. The number of piperazine rings is 1. The largest absolute Gasteiger partial charge is 0.399 e. The van der Waals surface area contributed by atoms with Crippen molar-refractivity contribution >= 4 is 88.0 Å². The number of aliphatic imine (C=N–C) groups is 1. The van der Waals surface area contributed by atoms with Crippen LogP contribution in [0.1, 0.15) is 210 Å². The van der Waals surface area contributed by atoms with Gasteiger partial charge >= 0.3 is 0 Å². The molecule has 1 aromatic heterocycles. The average Bonchev–Trinajstić information content (AvgIpc) is 1.00. The number of benzene rings is 4. The van der Waals surface area contributed by atoms with E-state index in [0.717, 1.165) is 181 Å². The molecule has 0 aliphatic carbocycles. The van der Waals surface area contributed by atoms with E-state index in [0.29, 0.717) is 45.0 Å². The van der Waals surface area contributed by atoms with Crippen LogP contribution in [0.5, 0.6) is 0 Å². The van der Waals surface area contributed by atoms with Gasteiger partial charge in [-0.05, 0) is 286 Å². The van der Waals surface area contributed by atoms with Gasteiger partial charge in [-0.3, -0.25) is 4.99 Å². The summed E-state index contributed by atoms with van der Waals surface area (Å²) in [5.41, 5.74) is 81.1. The Bertz CT molecular complexity index is 2850. The molecule has 0 spiro atoms. The van der Waals surface area contributed by atoms with Gasteiger partial charge in [0.05, 0.1) is 39.4 Å². The second-order valence-electron chi connectivity index (χ2n) is 31.2. The third-order valence-corrected chi connectivity index (χ3v) is 26.2. The number of nitrogens with two attached hydrogens (primary N) is 14. The highest BCUT2D eigenvalue weighted by Crippen LogP contribution is 2.42. The molecule has 2 fully saturated rings. The van der Waals surface area contributed by atoms with E-state index in [9.17, 15) is 0 Å². The minimum absolute atomic E-state index is 0.361. The number of aromatic nitrogens is 2. The fourth-order valence-electron chi connectivity index (χ4n) is 9.73. The van der Waals surface area contributed by atoms with Crippen LogP contribution in [0.15, 0.2) is 152 Å². The number of unbranched alkanes of at least 4 members (excludes halogenated alkanes) is 2. The van der Waals surface area contributed by atoms with E-state index in [1.54, 1.807) is 55.7 Å². The average molecular weight is 1880 g/mol. The summed E-state index contributed by atoms with van der Waals surface area (Å²) in [6.45, 7) is 51.7. The summed E-state index contributed by atoms with van der Waals surface area (Å²) in [6, 6.07) is 32.1. The highest BCUT2D eigenvalue weighted by molar-refractivity contribution is 8.77. The second-order valence-corrected chi connectivity index (χ2v) is 38.4. The first kappa shape index (κ1) is 131. The van der Waals surface area contributed by atoms with Gasteiger partial charge in [-0.1, -0.05) is 215 Å². The van der Waals surface area contributed by atoms with Gasteiger partial charge in [0.2, 0.25) is 0 Å². The van der Waals surface area contributed by atoms with E-state index in [1.165, 1.54) is 163 Å². The van der Waals surface area contributed by atoms with Crippen LogP contribution in [-0.2, 0) is 20.8 Å². The van der Waals surface area contributed by atoms with Crippen LogP contribution in [-0.4, -0.2) is 226 Å². The zero-order valence-corrected chi connectivity index (χ0v) is 86.5. The molecule has 24 nitrogen and oxygen atoms in total. The number of nitrogens with zero attached hydrogens (tertiary/aromatic N) is 6. The number of para-hydroxylation sites is 2. The number of nitrogen functional groups attached to an aromatic ring is 3. The summed E-state index contributed by atoms with van der Waals surface area (Å²) in [4.78, 5) is 20.0. The van der Waals surface area contributed by atoms with Crippen LogP contribution < -0.4 is 85.6 Å². The molecule has 4 aromatic carbocycles. The number of rotatable bonds is 49. The summed E-state index contributed by atoms with van der Waals surface area (Å²) in [7, 11) is 12.7. The Balaban J connectivity index is -0.000000425. The quantitative estimate of drug-likeness (QED) is 0.00977. The molecule has 126 heavy (non-hydrogen) atoms. The zero-order chi connectivity index (χ0) is 94.9. The molecular weight excluding hydrogens is 1690 g/mol. The first-order valence-electron chi connectivity index (χ1n) is 47.0. The van der Waals surface area contributed by atoms with E-state index >= 15 is 0 Å². The molecule has 2 saturated heterocycles. The fraction of sp³-hybridized carbons (Fsp3) is 0.688. The predicted molar refractivity (Wildman–Crippen MR) is 570 cm³/mol. The smallest absolute Gasteiger partial charge is 0.0945 e. The van der Waals surface area contributed by atoms with Crippen LogP contribution in [0.25, 0.3) is 0 Å². The summed E-state index contributed by atoms with van der Waals surface area (Å²) in [5, 5.41) is 3.26. The number of likely N-dealkylation sites (tertiary alicyclic amines) is 1. The summed E-state index contributed by atoms with van der Waals surface area (Å²) in [6.07, 6.45) is 33.4. The van der Waals surface area contributed by atoms with E-state index in [2.05, 4.69) is 150 Å². The molecular formula is C96H191N21O3S6. The van der Waals surface area contributed by atoms with Crippen LogP contribution in [0.4, 0.5) is 17.1 Å². The molecule has 5 aromatic rings. The van der Waals surface area contributed by atoms with Crippen LogP contribution in [0, 0.1) is 24.2 Å². The molecule has 4 heterocycles. The van der Waals surface area contributed by atoms with E-state index < -0.39 is 0 Å². The Hall–Kier alpha value is -3.72. The Morgan fingerprint density at radius 1 is 0.476 bits per heavy atom. The van der Waals surface area contributed by atoms with Crippen molar-refractivity contribution < 1.29 is 14.2 Å². The van der Waals surface area contributed by atoms with Crippen molar-refractivity contribution in [3.05, 3.63) is 133 Å². The van der Waals surface area contributed by atoms with Crippen LogP contribution in [0.2, 0.25) is 0 Å². The molecule has 3 aliphatic heterocycles. The Morgan fingerprint density at radius 2 is 0.984 bits per heavy atom. The maximum atomic E-state index is 5.86. The minimum atomic E-state index is 0.361. The number of aryl methyl sites for hydroxylation is 2. The number of allylic oxidation sites excluding steroid dienone is 2. The van der Waals surface area contributed by atoms with Crippen molar-refractivity contribution in [2.45, 2.75) is 238 Å². The normalized spacial score (nSPS) is 12.9. The van der Waals surface area contributed by atoms with Crippen molar-refractivity contribution in [1.82, 2.24) is 29.6 Å². The standard InChI is InChI=1S/C13H13NS2.C12H12N2S2.C9H21NO3.C8H19N3.C7H12N2.C7H16N2.C7H17N.C6H11N3.C6H16N2.2C6H15N.C5H13NS2.C4H11N/c1-10-2-6-12(7-3-10)15-16-13-8-4-11(14)5-9-13;13-9-5-1-3-7-11(9)15-16-12-8-4-2-6-10(12)14;1-2-4-11-6-8-13-9-7-12-5-3-10;1-10-5-7-11(8-6-10)4-2-3-9;8-5-1-3-7-4-2-6-9-7;8-4-3-7-9-5-1-2-6-9;1-3-4-5-7(2)6-8;7-2-1-4-9-5-3-8-6-9;1-2-5-8-6-3-4-7;1-4-6(2,3)5-7;1-3-6(2)4-5-7;1-2-4-7-8-5-3-6;1-2-3-4-5/h2-9H,14H2,1H3;1-8H,13-14H2;2-10H2,1H3;2-9H2,1H3;4,6H,1-3,5,8H2;1-8H2;7H,3-6,8H2,1-2H3;3,5-6H,1-2,4,7H2;8H,2-7H2,1H3;4-5,7H2,1-3H3;6H,3-5,7H2,1-2H3;2-6H2,1H3;2-5H2,1H3. The van der Waals surface area contributed by atoms with Gasteiger partial charge in [0.1, 0.15) is 0 Å². The molecule has 0 bridgehead atoms. The van der Waals surface area contributed by atoms with Gasteiger partial charge in [0.25, 0.3) is 0 Å². The summed E-state index contributed by atoms with van der Waals surface area (Å²) >= 11 is 0. The molecule has 2 atom stereocenters. The Labute approximate surface area is 795 Å². The summed E-state index contributed by atoms with van der Waals surface area (Å²) < 4.78 is 17.6. The van der Waals surface area contributed by atoms with Crippen molar-refractivity contribution in [2.75, 3.05) is 213 Å². The van der Waals surface area contributed by atoms with E-state index in [4.69, 9.17) is 94.5 Å². The number of hydrogen-bond donors (Lipinski definition) is 15. The highest BCUT2D eigenvalue weighted by atomic mass is 33.1. The molecule has 0 saturated carbocycles. The zero-order valence-electron chi connectivity index (χ0n) is 81.6. The lowest BCUT2D eigenvalue weighted by Gasteiger charge is -2.32. The fourth-order valence-corrected chi connectivity index (χ4v) is 15.9. The minimum Gasteiger partial charge on any atom is -0.399 e. The number of ether oxygens (including phenoxy) is 3. The molecule has 3 aliphatic rings. The topological polar surface area (TPSA) is 444 Å². The number of hydrogen-bond acceptors (Lipinski definition) is 29. The number of anilines is 3. The SMILES string of the molecule is CCC(C)(C)CN.CCC(C)CCN.CCCCC(C)CN.CCCCN.CCCNCCCN.CCCOCCOCCOCCN.CCCSSCCN.CN1CCN(CCCN)CC1.Cc1ccc(SSc2ccc(N)cc2)cc1.NCCCC1=CCC=N1.NCCCN1CCCC1.NCCCn1ccnc1.Nc1ccccc1SSc1ccccc1N. The number of likely N-dealkylation sites (N-methyl/N-ethyl adjacent to an activating group) is 1. The first-order chi connectivity index (χ1) is 61.0. The lowest BCUT2D eigenvalue weighted by atomic mass is 9.91.